The Balaban J connectivity index is 1.13. The van der Waals surface area contributed by atoms with Crippen LogP contribution >= 0.6 is 0 Å². The summed E-state index contributed by atoms with van der Waals surface area (Å²) >= 11 is 0. The normalized spacial score (nSPS) is 16.4. The first-order valence-corrected chi connectivity index (χ1v) is 13.7. The van der Waals surface area contributed by atoms with Crippen LogP contribution in [0.5, 0.6) is 0 Å². The molecular weight excluding hydrogens is 464 g/mol. The number of anilines is 1. The van der Waals surface area contributed by atoms with Gasteiger partial charge in [-0.3, -0.25) is 4.90 Å². The highest BCUT2D eigenvalue weighted by Crippen LogP contribution is 2.44. The summed E-state index contributed by atoms with van der Waals surface area (Å²) in [5.74, 6) is 0. The van der Waals surface area contributed by atoms with E-state index in [4.69, 9.17) is 9.97 Å². The molecule has 1 aromatic heterocycles. The van der Waals surface area contributed by atoms with Gasteiger partial charge in [-0.2, -0.15) is 0 Å². The fraction of sp³-hybridized carbons (Fsp3) is 0.235. The third kappa shape index (κ3) is 4.06. The molecule has 0 aliphatic carbocycles. The largest absolute Gasteiger partial charge is 0.384 e. The summed E-state index contributed by atoms with van der Waals surface area (Å²) in [6.07, 6.45) is 2.42. The smallest absolute Gasteiger partial charge is 0.0973 e. The van der Waals surface area contributed by atoms with Crippen molar-refractivity contribution in [3.63, 3.8) is 0 Å². The summed E-state index contributed by atoms with van der Waals surface area (Å²) in [4.78, 5) is 12.8. The predicted molar refractivity (Wildman–Crippen MR) is 156 cm³/mol. The van der Waals surface area contributed by atoms with Gasteiger partial charge in [0, 0.05) is 35.3 Å². The number of hydrogen-bond donors (Lipinski definition) is 1. The number of rotatable bonds is 4. The van der Waals surface area contributed by atoms with Crippen LogP contribution in [0.4, 0.5) is 5.69 Å². The Morgan fingerprint density at radius 2 is 1.45 bits per heavy atom. The lowest BCUT2D eigenvalue weighted by Crippen LogP contribution is -2.43. The van der Waals surface area contributed by atoms with E-state index in [1.54, 1.807) is 0 Å². The van der Waals surface area contributed by atoms with Crippen LogP contribution in [-0.4, -0.2) is 34.5 Å². The Hall–Kier alpha value is -4.02. The minimum absolute atomic E-state index is 0.303. The summed E-state index contributed by atoms with van der Waals surface area (Å²) < 4.78 is 0. The lowest BCUT2D eigenvalue weighted by Gasteiger charge is -2.39. The Bertz CT molecular complexity index is 1600. The van der Waals surface area contributed by atoms with Gasteiger partial charge < -0.3 is 5.32 Å². The average molecular weight is 497 g/mol. The molecule has 1 fully saturated rings. The molecule has 4 nitrogen and oxygen atoms in total. The van der Waals surface area contributed by atoms with Crippen molar-refractivity contribution in [2.75, 3.05) is 25.0 Å². The molecule has 0 atom stereocenters. The van der Waals surface area contributed by atoms with Crippen LogP contribution in [0.2, 0.25) is 0 Å². The Kier molecular flexibility index (Phi) is 5.70. The van der Waals surface area contributed by atoms with E-state index in [2.05, 4.69) is 108 Å². The van der Waals surface area contributed by atoms with E-state index >= 15 is 0 Å². The van der Waals surface area contributed by atoms with Gasteiger partial charge in [0.05, 0.1) is 22.4 Å². The van der Waals surface area contributed by atoms with E-state index in [0.29, 0.717) is 5.41 Å². The van der Waals surface area contributed by atoms with Gasteiger partial charge in [0.15, 0.2) is 0 Å². The maximum absolute atomic E-state index is 5.15. The fourth-order valence-corrected chi connectivity index (χ4v) is 6.29. The van der Waals surface area contributed by atoms with E-state index in [1.165, 1.54) is 29.7 Å². The van der Waals surface area contributed by atoms with Crippen molar-refractivity contribution >= 4 is 16.7 Å². The molecule has 4 aromatic carbocycles. The number of benzene rings is 4. The molecule has 0 bridgehead atoms. The maximum atomic E-state index is 5.15. The molecule has 1 N–H and O–H groups in total. The van der Waals surface area contributed by atoms with Crippen LogP contribution in [-0.2, 0) is 12.0 Å². The summed E-state index contributed by atoms with van der Waals surface area (Å²) in [5, 5.41) is 3.65. The van der Waals surface area contributed by atoms with Crippen molar-refractivity contribution in [1.29, 1.82) is 0 Å². The van der Waals surface area contributed by atoms with Crippen LogP contribution < -0.4 is 5.32 Å². The van der Waals surface area contributed by atoms with E-state index < -0.39 is 0 Å². The second-order valence-corrected chi connectivity index (χ2v) is 10.9. The van der Waals surface area contributed by atoms with Crippen molar-refractivity contribution in [2.45, 2.75) is 31.7 Å². The molecule has 38 heavy (non-hydrogen) atoms. The maximum Gasteiger partial charge on any atom is 0.0973 e. The highest BCUT2D eigenvalue weighted by Gasteiger charge is 2.41. The SMILES string of the molecule is Cc1cccc2nc(-c3ccccc3)c(-c3ccc(CN4CCC5(CC4)CNc4ccccc45)cc3)nc12. The number of nitrogens with zero attached hydrogens (tertiary/aromatic N) is 3. The zero-order chi connectivity index (χ0) is 25.5. The molecule has 4 heteroatoms. The zero-order valence-electron chi connectivity index (χ0n) is 21.8. The third-order valence-electron chi connectivity index (χ3n) is 8.51. The molecule has 0 radical (unpaired) electrons. The molecule has 0 amide bonds. The molecule has 7 rings (SSSR count). The van der Waals surface area contributed by atoms with E-state index in [1.807, 2.05) is 6.07 Å². The number of piperidine rings is 1. The van der Waals surface area contributed by atoms with E-state index in [9.17, 15) is 0 Å². The number of fused-ring (bicyclic) bond motifs is 3. The molecule has 5 aromatic rings. The third-order valence-corrected chi connectivity index (χ3v) is 8.51. The first-order valence-electron chi connectivity index (χ1n) is 13.7. The number of likely N-dealkylation sites (tertiary alicyclic amines) is 1. The van der Waals surface area contributed by atoms with Gasteiger partial charge in [-0.05, 0) is 61.7 Å². The summed E-state index contributed by atoms with van der Waals surface area (Å²) in [7, 11) is 0. The van der Waals surface area contributed by atoms with Crippen LogP contribution in [0.1, 0.15) is 29.5 Å². The van der Waals surface area contributed by atoms with Crippen molar-refractivity contribution in [3.05, 3.63) is 114 Å². The summed E-state index contributed by atoms with van der Waals surface area (Å²) in [6, 6.07) is 34.5. The Morgan fingerprint density at radius 1 is 0.737 bits per heavy atom. The van der Waals surface area contributed by atoms with Gasteiger partial charge in [0.2, 0.25) is 0 Å². The van der Waals surface area contributed by atoms with E-state index in [0.717, 1.165) is 65.3 Å². The van der Waals surface area contributed by atoms with Crippen molar-refractivity contribution < 1.29 is 0 Å². The quantitative estimate of drug-likeness (QED) is 0.285. The number of para-hydroxylation sites is 2. The second-order valence-electron chi connectivity index (χ2n) is 10.9. The Morgan fingerprint density at radius 3 is 2.26 bits per heavy atom. The topological polar surface area (TPSA) is 41.1 Å². The first kappa shape index (κ1) is 23.1. The first-order chi connectivity index (χ1) is 18.7. The van der Waals surface area contributed by atoms with Gasteiger partial charge >= 0.3 is 0 Å². The standard InChI is InChI=1S/C34H32N4/c1-24-8-7-13-30-31(24)37-33(32(36-30)26-9-3-2-4-10-26)27-16-14-25(15-17-27)22-38-20-18-34(19-21-38)23-35-29-12-6-5-11-28(29)34/h2-17,35H,18-23H2,1H3. The lowest BCUT2D eigenvalue weighted by atomic mass is 9.74. The molecular formula is C34H32N4. The number of aryl methyl sites for hydroxylation is 1. The summed E-state index contributed by atoms with van der Waals surface area (Å²) in [6.45, 7) is 6.43. The van der Waals surface area contributed by atoms with Gasteiger partial charge in [0.25, 0.3) is 0 Å². The molecule has 188 valence electrons. The van der Waals surface area contributed by atoms with Crippen molar-refractivity contribution in [1.82, 2.24) is 14.9 Å². The van der Waals surface area contributed by atoms with Gasteiger partial charge in [-0.15, -0.1) is 0 Å². The number of nitrogens with one attached hydrogen (secondary N) is 1. The molecule has 3 heterocycles. The van der Waals surface area contributed by atoms with Crippen molar-refractivity contribution in [2.24, 2.45) is 0 Å². The van der Waals surface area contributed by atoms with Crippen LogP contribution in [0, 0.1) is 6.92 Å². The minimum Gasteiger partial charge on any atom is -0.384 e. The number of aromatic nitrogens is 2. The average Bonchev–Trinajstić information content (AvgIpc) is 3.33. The van der Waals surface area contributed by atoms with Gasteiger partial charge in [-0.1, -0.05) is 84.9 Å². The van der Waals surface area contributed by atoms with Gasteiger partial charge in [-0.25, -0.2) is 9.97 Å². The Labute approximate surface area is 224 Å². The molecule has 1 saturated heterocycles. The molecule has 2 aliphatic rings. The van der Waals surface area contributed by atoms with Crippen LogP contribution in [0.25, 0.3) is 33.5 Å². The summed E-state index contributed by atoms with van der Waals surface area (Å²) in [5.41, 5.74) is 11.6. The van der Waals surface area contributed by atoms with Crippen molar-refractivity contribution in [3.8, 4) is 22.5 Å². The monoisotopic (exact) mass is 496 g/mol. The minimum atomic E-state index is 0.303. The second kappa shape index (κ2) is 9.38. The highest BCUT2D eigenvalue weighted by atomic mass is 15.1. The molecule has 0 unspecified atom stereocenters. The zero-order valence-corrected chi connectivity index (χ0v) is 21.8. The van der Waals surface area contributed by atoms with Gasteiger partial charge in [0.1, 0.15) is 0 Å². The van der Waals surface area contributed by atoms with Crippen LogP contribution in [0.15, 0.2) is 97.1 Å². The fourth-order valence-electron chi connectivity index (χ4n) is 6.29. The van der Waals surface area contributed by atoms with Crippen LogP contribution in [0.3, 0.4) is 0 Å². The molecule has 1 spiro atoms. The molecule has 2 aliphatic heterocycles. The highest BCUT2D eigenvalue weighted by molar-refractivity contribution is 5.87. The number of hydrogen-bond acceptors (Lipinski definition) is 4. The predicted octanol–water partition coefficient (Wildman–Crippen LogP) is 7.23. The van der Waals surface area contributed by atoms with E-state index in [-0.39, 0.29) is 0 Å². The molecule has 0 saturated carbocycles. The lowest BCUT2D eigenvalue weighted by molar-refractivity contribution is 0.162.